The molecule has 2 aromatic rings. The fourth-order valence-corrected chi connectivity index (χ4v) is 2.81. The second kappa shape index (κ2) is 6.27. The van der Waals surface area contributed by atoms with E-state index in [-0.39, 0.29) is 12.3 Å². The predicted octanol–water partition coefficient (Wildman–Crippen LogP) is 2.71. The van der Waals surface area contributed by atoms with Gasteiger partial charge < -0.3 is 10.7 Å². The van der Waals surface area contributed by atoms with E-state index in [1.807, 2.05) is 18.2 Å². The number of aromatic amines is 1. The number of nitrogens with two attached hydrogens (primary N) is 1. The van der Waals surface area contributed by atoms with Crippen LogP contribution in [0.15, 0.2) is 24.3 Å². The van der Waals surface area contributed by atoms with Crippen LogP contribution in [-0.4, -0.2) is 10.9 Å². The van der Waals surface area contributed by atoms with Gasteiger partial charge in [-0.05, 0) is 30.0 Å². The van der Waals surface area contributed by atoms with Crippen LogP contribution >= 0.6 is 0 Å². The molecule has 0 atom stereocenters. The van der Waals surface area contributed by atoms with Crippen molar-refractivity contribution in [2.24, 2.45) is 5.73 Å². The number of hydrogen-bond donors (Lipinski definition) is 2. The molecule has 0 bridgehead atoms. The minimum absolute atomic E-state index is 0.199. The van der Waals surface area contributed by atoms with Crippen LogP contribution < -0.4 is 5.73 Å². The molecule has 0 aliphatic rings. The van der Waals surface area contributed by atoms with Gasteiger partial charge in [-0.25, -0.2) is 0 Å². The molecule has 4 heteroatoms. The van der Waals surface area contributed by atoms with Gasteiger partial charge in [0, 0.05) is 11.3 Å². The maximum Gasteiger partial charge on any atom is 0.223 e. The van der Waals surface area contributed by atoms with E-state index < -0.39 is 0 Å². The van der Waals surface area contributed by atoms with Crippen molar-refractivity contribution in [2.45, 2.75) is 33.1 Å². The largest absolute Gasteiger partial charge is 0.369 e. The van der Waals surface area contributed by atoms with E-state index in [4.69, 9.17) is 5.73 Å². The van der Waals surface area contributed by atoms with Crippen LogP contribution in [0, 0.1) is 11.3 Å². The maximum absolute atomic E-state index is 11.3. The summed E-state index contributed by atoms with van der Waals surface area (Å²) >= 11 is 0. The first-order valence-electron chi connectivity index (χ1n) is 7.12. The molecule has 108 valence electrons. The third-order valence-electron chi connectivity index (χ3n) is 3.68. The molecule has 0 spiro atoms. The SMILES string of the molecule is CCc1c(CC(N)=O)[nH]c(-c2ccccc2C#N)c1CC. The minimum Gasteiger partial charge on any atom is -0.369 e. The monoisotopic (exact) mass is 281 g/mol. The molecule has 1 aromatic heterocycles. The van der Waals surface area contributed by atoms with Crippen LogP contribution in [0.25, 0.3) is 11.3 Å². The fourth-order valence-electron chi connectivity index (χ4n) is 2.81. The number of amides is 1. The van der Waals surface area contributed by atoms with Crippen LogP contribution in [0.5, 0.6) is 0 Å². The maximum atomic E-state index is 11.3. The van der Waals surface area contributed by atoms with Gasteiger partial charge in [-0.2, -0.15) is 5.26 Å². The first-order valence-corrected chi connectivity index (χ1v) is 7.12. The third-order valence-corrected chi connectivity index (χ3v) is 3.68. The molecule has 0 unspecified atom stereocenters. The van der Waals surface area contributed by atoms with Crippen LogP contribution in [0.1, 0.15) is 36.2 Å². The second-order valence-corrected chi connectivity index (χ2v) is 4.94. The molecule has 4 nitrogen and oxygen atoms in total. The van der Waals surface area contributed by atoms with Crippen LogP contribution in [-0.2, 0) is 24.1 Å². The molecule has 0 aliphatic heterocycles. The number of primary amides is 1. The van der Waals surface area contributed by atoms with Crippen molar-refractivity contribution in [2.75, 3.05) is 0 Å². The number of rotatable bonds is 5. The zero-order valence-electron chi connectivity index (χ0n) is 12.4. The van der Waals surface area contributed by atoms with Crippen molar-refractivity contribution < 1.29 is 4.79 Å². The Hall–Kier alpha value is -2.54. The molecule has 3 N–H and O–H groups in total. The van der Waals surface area contributed by atoms with E-state index in [9.17, 15) is 10.1 Å². The summed E-state index contributed by atoms with van der Waals surface area (Å²) in [5.74, 6) is -0.353. The summed E-state index contributed by atoms with van der Waals surface area (Å²) < 4.78 is 0. The van der Waals surface area contributed by atoms with Crippen LogP contribution in [0.4, 0.5) is 0 Å². The Balaban J connectivity index is 2.66. The van der Waals surface area contributed by atoms with Gasteiger partial charge >= 0.3 is 0 Å². The molecule has 0 saturated carbocycles. The Morgan fingerprint density at radius 2 is 1.90 bits per heavy atom. The van der Waals surface area contributed by atoms with Gasteiger partial charge in [0.1, 0.15) is 0 Å². The summed E-state index contributed by atoms with van der Waals surface area (Å²) in [5, 5.41) is 9.28. The van der Waals surface area contributed by atoms with Gasteiger partial charge in [-0.15, -0.1) is 0 Å². The number of nitriles is 1. The number of nitrogens with zero attached hydrogens (tertiary/aromatic N) is 1. The highest BCUT2D eigenvalue weighted by atomic mass is 16.1. The van der Waals surface area contributed by atoms with Crippen LogP contribution in [0.3, 0.4) is 0 Å². The molecule has 0 fully saturated rings. The topological polar surface area (TPSA) is 82.7 Å². The lowest BCUT2D eigenvalue weighted by Crippen LogP contribution is -2.14. The molecule has 0 radical (unpaired) electrons. The van der Waals surface area contributed by atoms with Gasteiger partial charge in [0.2, 0.25) is 5.91 Å². The number of carbonyl (C=O) groups excluding carboxylic acids is 1. The molecule has 1 aromatic carbocycles. The summed E-state index contributed by atoms with van der Waals surface area (Å²) in [6.45, 7) is 4.14. The number of H-pyrrole nitrogens is 1. The summed E-state index contributed by atoms with van der Waals surface area (Å²) in [6, 6.07) is 9.71. The van der Waals surface area contributed by atoms with E-state index in [1.54, 1.807) is 6.07 Å². The minimum atomic E-state index is -0.353. The Morgan fingerprint density at radius 1 is 1.24 bits per heavy atom. The van der Waals surface area contributed by atoms with Crippen LogP contribution in [0.2, 0.25) is 0 Å². The first kappa shape index (κ1) is 14.9. The zero-order valence-corrected chi connectivity index (χ0v) is 12.4. The standard InChI is InChI=1S/C17H19N3O/c1-3-12-13(4-2)17(20-15(12)9-16(19)21)14-8-6-5-7-11(14)10-18/h5-8,20H,3-4,9H2,1-2H3,(H2,19,21). The van der Waals surface area contributed by atoms with Crippen molar-refractivity contribution in [1.82, 2.24) is 4.98 Å². The lowest BCUT2D eigenvalue weighted by molar-refractivity contribution is -0.117. The van der Waals surface area contributed by atoms with Crippen molar-refractivity contribution in [3.8, 4) is 17.3 Å². The number of aromatic nitrogens is 1. The van der Waals surface area contributed by atoms with Gasteiger partial charge in [0.05, 0.1) is 23.7 Å². The second-order valence-electron chi connectivity index (χ2n) is 4.94. The summed E-state index contributed by atoms with van der Waals surface area (Å²) in [4.78, 5) is 14.6. The van der Waals surface area contributed by atoms with Crippen molar-refractivity contribution >= 4 is 5.91 Å². The molecule has 1 amide bonds. The summed E-state index contributed by atoms with van der Waals surface area (Å²) in [7, 11) is 0. The van der Waals surface area contributed by atoms with Crippen molar-refractivity contribution in [3.63, 3.8) is 0 Å². The predicted molar refractivity (Wildman–Crippen MR) is 82.6 cm³/mol. The van der Waals surface area contributed by atoms with E-state index in [0.29, 0.717) is 5.56 Å². The Morgan fingerprint density at radius 3 is 2.48 bits per heavy atom. The highest BCUT2D eigenvalue weighted by Gasteiger charge is 2.18. The Bertz CT molecular complexity index is 707. The van der Waals surface area contributed by atoms with Gasteiger partial charge in [0.15, 0.2) is 0 Å². The quantitative estimate of drug-likeness (QED) is 0.883. The van der Waals surface area contributed by atoms with Gasteiger partial charge in [-0.1, -0.05) is 32.0 Å². The van der Waals surface area contributed by atoms with E-state index in [0.717, 1.165) is 40.9 Å². The summed E-state index contributed by atoms with van der Waals surface area (Å²) in [6.07, 6.45) is 1.87. The molecule has 0 aliphatic carbocycles. The lowest BCUT2D eigenvalue weighted by atomic mass is 9.97. The van der Waals surface area contributed by atoms with E-state index >= 15 is 0 Å². The lowest BCUT2D eigenvalue weighted by Gasteiger charge is -2.06. The number of carbonyl (C=O) groups is 1. The molecular weight excluding hydrogens is 262 g/mol. The molecular formula is C17H19N3O. The zero-order chi connectivity index (χ0) is 15.4. The average molecular weight is 281 g/mol. The first-order chi connectivity index (χ1) is 10.1. The van der Waals surface area contributed by atoms with Crippen molar-refractivity contribution in [1.29, 1.82) is 5.26 Å². The fraction of sp³-hybridized carbons (Fsp3) is 0.294. The molecule has 0 saturated heterocycles. The Kier molecular flexibility index (Phi) is 4.44. The van der Waals surface area contributed by atoms with Gasteiger partial charge in [0.25, 0.3) is 0 Å². The molecule has 2 rings (SSSR count). The van der Waals surface area contributed by atoms with Crippen molar-refractivity contribution in [3.05, 3.63) is 46.6 Å². The highest BCUT2D eigenvalue weighted by Crippen LogP contribution is 2.31. The Labute approximate surface area is 124 Å². The summed E-state index contributed by atoms with van der Waals surface area (Å²) in [5.41, 5.74) is 10.9. The number of hydrogen-bond acceptors (Lipinski definition) is 2. The highest BCUT2D eigenvalue weighted by molar-refractivity contribution is 5.79. The number of nitrogens with one attached hydrogen (secondary N) is 1. The molecule has 21 heavy (non-hydrogen) atoms. The smallest absolute Gasteiger partial charge is 0.223 e. The average Bonchev–Trinajstić information content (AvgIpc) is 2.83. The van der Waals surface area contributed by atoms with Gasteiger partial charge in [-0.3, -0.25) is 4.79 Å². The molecule has 1 heterocycles. The van der Waals surface area contributed by atoms with E-state index in [1.165, 1.54) is 0 Å². The number of benzene rings is 1. The van der Waals surface area contributed by atoms with E-state index in [2.05, 4.69) is 24.9 Å². The third kappa shape index (κ3) is 2.82. The normalized spacial score (nSPS) is 10.3.